The molecule has 5 nitrogen and oxygen atoms in total. The van der Waals surface area contributed by atoms with E-state index in [-0.39, 0.29) is 0 Å². The second-order valence-corrected chi connectivity index (χ2v) is 6.74. The van der Waals surface area contributed by atoms with Crippen LogP contribution in [-0.2, 0) is 13.6 Å². The maximum absolute atomic E-state index is 6.27. The molecule has 2 heterocycles. The van der Waals surface area contributed by atoms with Crippen molar-refractivity contribution in [2.45, 2.75) is 19.5 Å². The molecule has 1 aliphatic rings. The predicted molar refractivity (Wildman–Crippen MR) is 96.5 cm³/mol. The van der Waals surface area contributed by atoms with E-state index in [0.29, 0.717) is 11.1 Å². The molecule has 0 unspecified atom stereocenters. The van der Waals surface area contributed by atoms with Crippen LogP contribution in [0.1, 0.15) is 24.4 Å². The molecule has 1 saturated heterocycles. The van der Waals surface area contributed by atoms with E-state index in [1.165, 1.54) is 5.56 Å². The fraction of sp³-hybridized carbons (Fsp3) is 0.500. The van der Waals surface area contributed by atoms with Crippen molar-refractivity contribution in [3.63, 3.8) is 0 Å². The lowest BCUT2D eigenvalue weighted by Crippen LogP contribution is -2.46. The number of imidazole rings is 1. The van der Waals surface area contributed by atoms with Crippen molar-refractivity contribution in [1.82, 2.24) is 19.4 Å². The van der Waals surface area contributed by atoms with Crippen LogP contribution in [-0.4, -0.2) is 52.6 Å². The first-order valence-corrected chi connectivity index (χ1v) is 8.72. The van der Waals surface area contributed by atoms with Crippen molar-refractivity contribution in [2.75, 3.05) is 33.3 Å². The first kappa shape index (κ1) is 17.3. The highest BCUT2D eigenvalue weighted by atomic mass is 35.5. The molecule has 6 heteroatoms. The number of hydrogen-bond acceptors (Lipinski definition) is 4. The molecule has 0 spiro atoms. The molecular formula is C18H25ClN4O. The van der Waals surface area contributed by atoms with Crippen LogP contribution in [0.3, 0.4) is 0 Å². The average molecular weight is 349 g/mol. The van der Waals surface area contributed by atoms with Crippen molar-refractivity contribution in [3.8, 4) is 5.75 Å². The lowest BCUT2D eigenvalue weighted by atomic mass is 10.1. The molecule has 0 radical (unpaired) electrons. The van der Waals surface area contributed by atoms with Crippen molar-refractivity contribution in [1.29, 1.82) is 0 Å². The minimum absolute atomic E-state index is 0.351. The summed E-state index contributed by atoms with van der Waals surface area (Å²) in [6.07, 6.45) is 3.86. The number of benzene rings is 1. The quantitative estimate of drug-likeness (QED) is 0.831. The number of piperazine rings is 1. The zero-order valence-corrected chi connectivity index (χ0v) is 15.3. The standard InChI is InChI=1S/C18H25ClN4O/c1-14(15-4-5-17(24-3)16(19)12-15)23-10-8-22(9-11-23)13-18-20-6-7-21(18)2/h4-7,12,14H,8-11,13H2,1-3H3/t14-/m0/s1. The molecule has 1 aromatic heterocycles. The van der Waals surface area contributed by atoms with Crippen LogP contribution in [0.25, 0.3) is 0 Å². The van der Waals surface area contributed by atoms with Gasteiger partial charge in [0.25, 0.3) is 0 Å². The third kappa shape index (κ3) is 3.74. The highest BCUT2D eigenvalue weighted by Crippen LogP contribution is 2.30. The number of rotatable bonds is 5. The zero-order chi connectivity index (χ0) is 17.1. The molecule has 0 aliphatic carbocycles. The second-order valence-electron chi connectivity index (χ2n) is 6.34. The highest BCUT2D eigenvalue weighted by Gasteiger charge is 2.23. The number of halogens is 1. The monoisotopic (exact) mass is 348 g/mol. The minimum atomic E-state index is 0.351. The third-order valence-corrected chi connectivity index (χ3v) is 5.19. The second kappa shape index (κ2) is 7.55. The number of aryl methyl sites for hydroxylation is 1. The van der Waals surface area contributed by atoms with Crippen molar-refractivity contribution in [3.05, 3.63) is 47.0 Å². The van der Waals surface area contributed by atoms with Gasteiger partial charge >= 0.3 is 0 Å². The number of aromatic nitrogens is 2. The summed E-state index contributed by atoms with van der Waals surface area (Å²) in [4.78, 5) is 9.39. The summed E-state index contributed by atoms with van der Waals surface area (Å²) in [6, 6.07) is 6.43. The molecule has 1 atom stereocenters. The zero-order valence-electron chi connectivity index (χ0n) is 14.6. The first-order chi connectivity index (χ1) is 11.6. The number of hydrogen-bond donors (Lipinski definition) is 0. The maximum atomic E-state index is 6.27. The molecular weight excluding hydrogens is 324 g/mol. The van der Waals surface area contributed by atoms with Gasteiger partial charge < -0.3 is 9.30 Å². The lowest BCUT2D eigenvalue weighted by Gasteiger charge is -2.38. The van der Waals surface area contributed by atoms with Gasteiger partial charge in [-0.15, -0.1) is 0 Å². The van der Waals surface area contributed by atoms with E-state index in [2.05, 4.69) is 32.3 Å². The normalized spacial score (nSPS) is 17.8. The van der Waals surface area contributed by atoms with Gasteiger partial charge in [-0.25, -0.2) is 4.98 Å². The van der Waals surface area contributed by atoms with E-state index in [0.717, 1.165) is 44.3 Å². The van der Waals surface area contributed by atoms with Gasteiger partial charge in [-0.3, -0.25) is 9.80 Å². The van der Waals surface area contributed by atoms with Crippen LogP contribution < -0.4 is 4.74 Å². The number of methoxy groups -OCH3 is 1. The van der Waals surface area contributed by atoms with Gasteiger partial charge in [-0.05, 0) is 24.6 Å². The summed E-state index contributed by atoms with van der Waals surface area (Å²) in [5.41, 5.74) is 1.23. The molecule has 0 bridgehead atoms. The van der Waals surface area contributed by atoms with Gasteiger partial charge in [0.1, 0.15) is 11.6 Å². The van der Waals surface area contributed by atoms with Crippen molar-refractivity contribution < 1.29 is 4.74 Å². The van der Waals surface area contributed by atoms with E-state index in [4.69, 9.17) is 16.3 Å². The molecule has 24 heavy (non-hydrogen) atoms. The number of nitrogens with zero attached hydrogens (tertiary/aromatic N) is 4. The summed E-state index contributed by atoms with van der Waals surface area (Å²) in [6.45, 7) is 7.37. The summed E-state index contributed by atoms with van der Waals surface area (Å²) >= 11 is 6.27. The molecule has 1 aromatic carbocycles. The van der Waals surface area contributed by atoms with E-state index in [1.807, 2.05) is 31.6 Å². The summed E-state index contributed by atoms with van der Waals surface area (Å²) in [7, 11) is 3.69. The first-order valence-electron chi connectivity index (χ1n) is 8.34. The smallest absolute Gasteiger partial charge is 0.137 e. The van der Waals surface area contributed by atoms with Crippen LogP contribution in [0, 0.1) is 0 Å². The molecule has 0 N–H and O–H groups in total. The van der Waals surface area contributed by atoms with E-state index in [1.54, 1.807) is 7.11 Å². The fourth-order valence-electron chi connectivity index (χ4n) is 3.21. The van der Waals surface area contributed by atoms with Gasteiger partial charge in [-0.2, -0.15) is 0 Å². The van der Waals surface area contributed by atoms with Crippen molar-refractivity contribution >= 4 is 11.6 Å². The molecule has 130 valence electrons. The Bertz CT molecular complexity index is 679. The van der Waals surface area contributed by atoms with Gasteiger partial charge in [-0.1, -0.05) is 17.7 Å². The Balaban J connectivity index is 1.58. The molecule has 3 rings (SSSR count). The Morgan fingerprint density at radius 2 is 2.00 bits per heavy atom. The van der Waals surface area contributed by atoms with Gasteiger partial charge in [0.2, 0.25) is 0 Å². The lowest BCUT2D eigenvalue weighted by molar-refractivity contribution is 0.0956. The Morgan fingerprint density at radius 3 is 2.58 bits per heavy atom. The fourth-order valence-corrected chi connectivity index (χ4v) is 3.48. The molecule has 2 aromatic rings. The van der Waals surface area contributed by atoms with E-state index in [9.17, 15) is 0 Å². The summed E-state index contributed by atoms with van der Waals surface area (Å²) < 4.78 is 7.33. The SMILES string of the molecule is COc1ccc([C@H](C)N2CCN(Cc3nccn3C)CC2)cc1Cl. The number of ether oxygens (including phenoxy) is 1. The van der Waals surface area contributed by atoms with Crippen LogP contribution >= 0.6 is 11.6 Å². The van der Waals surface area contributed by atoms with Gasteiger partial charge in [0.05, 0.1) is 18.7 Å². The molecule has 0 amide bonds. The predicted octanol–water partition coefficient (Wildman–Crippen LogP) is 2.96. The molecule has 0 saturated carbocycles. The van der Waals surface area contributed by atoms with Crippen LogP contribution in [0.5, 0.6) is 5.75 Å². The van der Waals surface area contributed by atoms with Crippen molar-refractivity contribution in [2.24, 2.45) is 7.05 Å². The summed E-state index contributed by atoms with van der Waals surface area (Å²) in [5, 5.41) is 0.676. The van der Waals surface area contributed by atoms with E-state index >= 15 is 0 Å². The van der Waals surface area contributed by atoms with Crippen LogP contribution in [0.4, 0.5) is 0 Å². The Morgan fingerprint density at radius 1 is 1.25 bits per heavy atom. The maximum Gasteiger partial charge on any atom is 0.137 e. The van der Waals surface area contributed by atoms with Gasteiger partial charge in [0.15, 0.2) is 0 Å². The van der Waals surface area contributed by atoms with Crippen LogP contribution in [0.2, 0.25) is 5.02 Å². The topological polar surface area (TPSA) is 33.5 Å². The van der Waals surface area contributed by atoms with Crippen LogP contribution in [0.15, 0.2) is 30.6 Å². The Labute approximate surface area is 148 Å². The van der Waals surface area contributed by atoms with E-state index < -0.39 is 0 Å². The van der Waals surface area contributed by atoms with Gasteiger partial charge in [0, 0.05) is 51.7 Å². The summed E-state index contributed by atoms with van der Waals surface area (Å²) in [5.74, 6) is 1.85. The molecule has 1 fully saturated rings. The third-order valence-electron chi connectivity index (χ3n) is 4.90. The molecule has 1 aliphatic heterocycles. The highest BCUT2D eigenvalue weighted by molar-refractivity contribution is 6.32. The average Bonchev–Trinajstić information content (AvgIpc) is 3.00. The Hall–Kier alpha value is -1.56. The largest absolute Gasteiger partial charge is 0.495 e. The minimum Gasteiger partial charge on any atom is -0.495 e. The Kier molecular flexibility index (Phi) is 5.43.